The molecule has 5 nitrogen and oxygen atoms in total. The van der Waals surface area contributed by atoms with Gasteiger partial charge in [-0.15, -0.1) is 11.8 Å². The number of nitrogens with one attached hydrogen (secondary N) is 1. The van der Waals surface area contributed by atoms with Crippen molar-refractivity contribution in [3.05, 3.63) is 24.5 Å². The average Bonchev–Trinajstić information content (AvgIpc) is 2.52. The number of hydrogen-bond acceptors (Lipinski definition) is 4. The highest BCUT2D eigenvalue weighted by atomic mass is 32.2. The SMILES string of the molecule is CNC(=O)C1CCCCN1C(=O)CSc1ccncc1. The molecule has 108 valence electrons. The summed E-state index contributed by atoms with van der Waals surface area (Å²) in [6, 6.07) is 3.45. The standard InChI is InChI=1S/C14H19N3O2S/c1-15-14(19)12-4-2-3-9-17(12)13(18)10-20-11-5-7-16-8-6-11/h5-8,12H,2-4,9-10H2,1H3,(H,15,19). The van der Waals surface area contributed by atoms with Crippen molar-refractivity contribution in [2.45, 2.75) is 30.2 Å². The van der Waals surface area contributed by atoms with Gasteiger partial charge < -0.3 is 10.2 Å². The summed E-state index contributed by atoms with van der Waals surface area (Å²) in [5.74, 6) is 0.324. The van der Waals surface area contributed by atoms with Crippen molar-refractivity contribution in [2.24, 2.45) is 0 Å². The summed E-state index contributed by atoms with van der Waals surface area (Å²) in [6.45, 7) is 0.674. The van der Waals surface area contributed by atoms with E-state index in [0.29, 0.717) is 12.3 Å². The average molecular weight is 293 g/mol. The van der Waals surface area contributed by atoms with Crippen LogP contribution in [0.15, 0.2) is 29.4 Å². The van der Waals surface area contributed by atoms with E-state index in [2.05, 4.69) is 10.3 Å². The van der Waals surface area contributed by atoms with Gasteiger partial charge in [0.1, 0.15) is 6.04 Å². The Labute approximate surface area is 123 Å². The highest BCUT2D eigenvalue weighted by molar-refractivity contribution is 8.00. The van der Waals surface area contributed by atoms with E-state index in [9.17, 15) is 9.59 Å². The molecule has 0 aromatic carbocycles. The Kier molecular flexibility index (Phi) is 5.40. The Hall–Kier alpha value is -1.56. The fourth-order valence-corrected chi connectivity index (χ4v) is 3.10. The molecular formula is C14H19N3O2S. The highest BCUT2D eigenvalue weighted by Crippen LogP contribution is 2.21. The normalized spacial score (nSPS) is 18.6. The van der Waals surface area contributed by atoms with Crippen LogP contribution in [0.2, 0.25) is 0 Å². The van der Waals surface area contributed by atoms with Gasteiger partial charge in [-0.25, -0.2) is 0 Å². The zero-order valence-corrected chi connectivity index (χ0v) is 12.4. The molecule has 1 atom stereocenters. The van der Waals surface area contributed by atoms with Gasteiger partial charge in [0.05, 0.1) is 5.75 Å². The lowest BCUT2D eigenvalue weighted by molar-refractivity contribution is -0.140. The maximum atomic E-state index is 12.3. The number of carbonyl (C=O) groups is 2. The van der Waals surface area contributed by atoms with Crippen LogP contribution in [0.3, 0.4) is 0 Å². The fraction of sp³-hybridized carbons (Fsp3) is 0.500. The minimum absolute atomic E-state index is 0.0279. The predicted molar refractivity (Wildman–Crippen MR) is 78.4 cm³/mol. The molecule has 1 unspecified atom stereocenters. The third kappa shape index (κ3) is 3.72. The van der Waals surface area contributed by atoms with Crippen LogP contribution in [0.5, 0.6) is 0 Å². The van der Waals surface area contributed by atoms with Crippen molar-refractivity contribution in [3.63, 3.8) is 0 Å². The van der Waals surface area contributed by atoms with Crippen molar-refractivity contribution in [2.75, 3.05) is 19.3 Å². The first-order valence-corrected chi connectivity index (χ1v) is 7.75. The number of hydrogen-bond donors (Lipinski definition) is 1. The number of nitrogens with zero attached hydrogens (tertiary/aromatic N) is 2. The Balaban J connectivity index is 1.94. The second-order valence-electron chi connectivity index (χ2n) is 4.68. The minimum atomic E-state index is -0.306. The molecule has 1 N–H and O–H groups in total. The van der Waals surface area contributed by atoms with Gasteiger partial charge >= 0.3 is 0 Å². The van der Waals surface area contributed by atoms with Crippen LogP contribution in [0.1, 0.15) is 19.3 Å². The molecule has 0 saturated carbocycles. The van der Waals surface area contributed by atoms with Crippen LogP contribution >= 0.6 is 11.8 Å². The Bertz CT molecular complexity index is 467. The lowest BCUT2D eigenvalue weighted by Gasteiger charge is -2.34. The summed E-state index contributed by atoms with van der Waals surface area (Å²) >= 11 is 1.48. The van der Waals surface area contributed by atoms with Crippen molar-refractivity contribution >= 4 is 23.6 Å². The maximum absolute atomic E-state index is 12.3. The van der Waals surface area contributed by atoms with E-state index >= 15 is 0 Å². The molecule has 1 fully saturated rings. The molecule has 1 aromatic heterocycles. The lowest BCUT2D eigenvalue weighted by Crippen LogP contribution is -2.51. The highest BCUT2D eigenvalue weighted by Gasteiger charge is 2.31. The van der Waals surface area contributed by atoms with E-state index in [1.165, 1.54) is 11.8 Å². The van der Waals surface area contributed by atoms with Gasteiger partial charge in [0, 0.05) is 30.9 Å². The van der Waals surface area contributed by atoms with E-state index < -0.39 is 0 Å². The number of amides is 2. The number of likely N-dealkylation sites (tertiary alicyclic amines) is 1. The summed E-state index contributed by atoms with van der Waals surface area (Å²) in [5.41, 5.74) is 0. The number of likely N-dealkylation sites (N-methyl/N-ethyl adjacent to an activating group) is 1. The molecule has 0 radical (unpaired) electrons. The molecule has 2 heterocycles. The second-order valence-corrected chi connectivity index (χ2v) is 5.73. The molecule has 1 saturated heterocycles. The molecule has 0 bridgehead atoms. The first kappa shape index (κ1) is 14.8. The van der Waals surface area contributed by atoms with Crippen LogP contribution in [-0.4, -0.2) is 47.1 Å². The number of carbonyl (C=O) groups excluding carboxylic acids is 2. The lowest BCUT2D eigenvalue weighted by atomic mass is 10.0. The number of aromatic nitrogens is 1. The predicted octanol–water partition coefficient (Wildman–Crippen LogP) is 1.30. The summed E-state index contributed by atoms with van der Waals surface area (Å²) in [6.07, 6.45) is 6.14. The number of rotatable bonds is 4. The largest absolute Gasteiger partial charge is 0.357 e. The van der Waals surface area contributed by atoms with Crippen molar-refractivity contribution in [3.8, 4) is 0 Å². The van der Waals surface area contributed by atoms with Gasteiger partial charge in [0.2, 0.25) is 11.8 Å². The molecule has 1 aliphatic rings. The van der Waals surface area contributed by atoms with Crippen molar-refractivity contribution in [1.29, 1.82) is 0 Å². The van der Waals surface area contributed by atoms with E-state index in [-0.39, 0.29) is 17.9 Å². The van der Waals surface area contributed by atoms with E-state index in [1.807, 2.05) is 12.1 Å². The zero-order valence-electron chi connectivity index (χ0n) is 11.5. The van der Waals surface area contributed by atoms with Crippen LogP contribution in [0.4, 0.5) is 0 Å². The summed E-state index contributed by atoms with van der Waals surface area (Å²) in [5, 5.41) is 2.65. The third-order valence-corrected chi connectivity index (χ3v) is 4.38. The summed E-state index contributed by atoms with van der Waals surface area (Å²) < 4.78 is 0. The van der Waals surface area contributed by atoms with Crippen LogP contribution in [0, 0.1) is 0 Å². The summed E-state index contributed by atoms with van der Waals surface area (Å²) in [4.78, 5) is 30.8. The molecule has 20 heavy (non-hydrogen) atoms. The maximum Gasteiger partial charge on any atom is 0.242 e. The van der Waals surface area contributed by atoms with Crippen LogP contribution < -0.4 is 5.32 Å². The first-order chi connectivity index (χ1) is 9.72. The number of piperidine rings is 1. The van der Waals surface area contributed by atoms with Crippen LogP contribution in [-0.2, 0) is 9.59 Å². The zero-order chi connectivity index (χ0) is 14.4. The van der Waals surface area contributed by atoms with E-state index in [0.717, 1.165) is 24.2 Å². The molecule has 2 amide bonds. The quantitative estimate of drug-likeness (QED) is 0.850. The van der Waals surface area contributed by atoms with Gasteiger partial charge in [0.25, 0.3) is 0 Å². The molecule has 2 rings (SSSR count). The van der Waals surface area contributed by atoms with Gasteiger partial charge in [-0.3, -0.25) is 14.6 Å². The summed E-state index contributed by atoms with van der Waals surface area (Å²) in [7, 11) is 1.62. The molecular weight excluding hydrogens is 274 g/mol. The Morgan fingerprint density at radius 3 is 2.85 bits per heavy atom. The topological polar surface area (TPSA) is 62.3 Å². The molecule has 1 aromatic rings. The first-order valence-electron chi connectivity index (χ1n) is 6.76. The van der Waals surface area contributed by atoms with Gasteiger partial charge in [-0.2, -0.15) is 0 Å². The van der Waals surface area contributed by atoms with Crippen molar-refractivity contribution in [1.82, 2.24) is 15.2 Å². The molecule has 0 aliphatic carbocycles. The number of thioether (sulfide) groups is 1. The monoisotopic (exact) mass is 293 g/mol. The van der Waals surface area contributed by atoms with Gasteiger partial charge in [0.15, 0.2) is 0 Å². The Morgan fingerprint density at radius 1 is 1.40 bits per heavy atom. The number of pyridine rings is 1. The molecule has 0 spiro atoms. The molecule has 1 aliphatic heterocycles. The van der Waals surface area contributed by atoms with E-state index in [4.69, 9.17) is 0 Å². The Morgan fingerprint density at radius 2 is 2.15 bits per heavy atom. The molecule has 6 heteroatoms. The second kappa shape index (κ2) is 7.28. The van der Waals surface area contributed by atoms with E-state index in [1.54, 1.807) is 24.3 Å². The fourth-order valence-electron chi connectivity index (χ4n) is 2.33. The van der Waals surface area contributed by atoms with Gasteiger partial charge in [-0.1, -0.05) is 0 Å². The third-order valence-electron chi connectivity index (χ3n) is 3.38. The smallest absolute Gasteiger partial charge is 0.242 e. The minimum Gasteiger partial charge on any atom is -0.357 e. The van der Waals surface area contributed by atoms with Crippen molar-refractivity contribution < 1.29 is 9.59 Å². The van der Waals surface area contributed by atoms with Gasteiger partial charge in [-0.05, 0) is 31.4 Å². The van der Waals surface area contributed by atoms with Crippen LogP contribution in [0.25, 0.3) is 0 Å².